The molecule has 204 valence electrons. The highest BCUT2D eigenvalue weighted by Gasteiger charge is 2.30. The highest BCUT2D eigenvalue weighted by atomic mass is 79.9. The fraction of sp³-hybridized carbons (Fsp3) is 0.167. The summed E-state index contributed by atoms with van der Waals surface area (Å²) in [6, 6.07) is 17.1. The number of anilines is 2. The molecule has 9 nitrogen and oxygen atoms in total. The van der Waals surface area contributed by atoms with E-state index in [1.807, 2.05) is 83.9 Å². The number of halogens is 1. The Bertz CT molecular complexity index is 1690. The van der Waals surface area contributed by atoms with Crippen LogP contribution < -0.4 is 20.1 Å². The molecular weight excluding hydrogens is 572 g/mol. The molecule has 0 fully saturated rings. The first-order chi connectivity index (χ1) is 19.3. The Morgan fingerprint density at radius 3 is 2.00 bits per heavy atom. The standard InChI is InChI=1S/C19H16BrN3O2.C11H13N3O/c1-12-9-22(11-21-12)16-7-6-14(8-17(16)25-2)23-10-13-4-3-5-15(20)18(13)19(23)24;1-8-6-14(7-13-8)10-4-3-9(12)5-11(10)15-2/h3-9,11H,10H2,1-2H3;3-7H,12H2,1-2H3. The molecule has 3 heterocycles. The molecule has 40 heavy (non-hydrogen) atoms. The Labute approximate surface area is 240 Å². The number of methoxy groups -OCH3 is 2. The minimum atomic E-state index is -0.00393. The zero-order valence-electron chi connectivity index (χ0n) is 22.6. The van der Waals surface area contributed by atoms with Crippen LogP contribution in [0.2, 0.25) is 0 Å². The lowest BCUT2D eigenvalue weighted by Crippen LogP contribution is -2.23. The molecule has 3 aromatic carbocycles. The van der Waals surface area contributed by atoms with Crippen molar-refractivity contribution < 1.29 is 14.3 Å². The van der Waals surface area contributed by atoms with Crippen molar-refractivity contribution in [2.24, 2.45) is 0 Å². The molecule has 0 atom stereocenters. The second-order valence-corrected chi connectivity index (χ2v) is 10.2. The number of nitrogen functional groups attached to an aromatic ring is 1. The molecule has 6 rings (SSSR count). The molecule has 0 spiro atoms. The number of benzene rings is 3. The molecule has 2 aromatic heterocycles. The lowest BCUT2D eigenvalue weighted by molar-refractivity contribution is 0.0996. The summed E-state index contributed by atoms with van der Waals surface area (Å²) in [4.78, 5) is 23.0. The highest BCUT2D eigenvalue weighted by molar-refractivity contribution is 9.10. The van der Waals surface area contributed by atoms with Gasteiger partial charge in [0, 0.05) is 40.4 Å². The smallest absolute Gasteiger partial charge is 0.260 e. The maximum atomic E-state index is 12.8. The van der Waals surface area contributed by atoms with Gasteiger partial charge in [-0.25, -0.2) is 9.97 Å². The van der Waals surface area contributed by atoms with Gasteiger partial charge in [0.2, 0.25) is 0 Å². The van der Waals surface area contributed by atoms with Gasteiger partial charge in [0.25, 0.3) is 5.91 Å². The zero-order valence-corrected chi connectivity index (χ0v) is 24.2. The van der Waals surface area contributed by atoms with Gasteiger partial charge in [-0.15, -0.1) is 0 Å². The van der Waals surface area contributed by atoms with Gasteiger partial charge in [-0.3, -0.25) is 4.79 Å². The SMILES string of the molecule is COc1cc(N)ccc1-n1cnc(C)c1.COc1cc(N2Cc3cccc(Br)c3C2=O)ccc1-n1cnc(C)c1. The van der Waals surface area contributed by atoms with Crippen LogP contribution in [0.5, 0.6) is 11.5 Å². The Morgan fingerprint density at radius 2 is 1.45 bits per heavy atom. The molecule has 0 aliphatic carbocycles. The first-order valence-corrected chi connectivity index (χ1v) is 13.3. The number of amides is 1. The van der Waals surface area contributed by atoms with Gasteiger partial charge in [-0.2, -0.15) is 0 Å². The Morgan fingerprint density at radius 1 is 0.850 bits per heavy atom. The number of hydrogen-bond donors (Lipinski definition) is 1. The molecule has 0 bridgehead atoms. The van der Waals surface area contributed by atoms with E-state index in [-0.39, 0.29) is 5.91 Å². The first kappa shape index (κ1) is 27.0. The van der Waals surface area contributed by atoms with Crippen LogP contribution in [-0.2, 0) is 6.54 Å². The van der Waals surface area contributed by atoms with Gasteiger partial charge >= 0.3 is 0 Å². The van der Waals surface area contributed by atoms with Crippen LogP contribution in [0.3, 0.4) is 0 Å². The van der Waals surface area contributed by atoms with Crippen molar-refractivity contribution in [2.75, 3.05) is 24.9 Å². The Kier molecular flexibility index (Phi) is 7.61. The molecule has 10 heteroatoms. The fourth-order valence-electron chi connectivity index (χ4n) is 4.59. The normalized spacial score (nSPS) is 12.1. The van der Waals surface area contributed by atoms with Crippen molar-refractivity contribution in [2.45, 2.75) is 20.4 Å². The van der Waals surface area contributed by atoms with Crippen molar-refractivity contribution in [1.29, 1.82) is 0 Å². The van der Waals surface area contributed by atoms with E-state index >= 15 is 0 Å². The van der Waals surface area contributed by atoms with E-state index in [1.54, 1.807) is 37.8 Å². The van der Waals surface area contributed by atoms with Crippen LogP contribution in [0, 0.1) is 13.8 Å². The summed E-state index contributed by atoms with van der Waals surface area (Å²) in [6.07, 6.45) is 7.38. The quantitative estimate of drug-likeness (QED) is 0.253. The number of ether oxygens (including phenoxy) is 2. The Hall–Kier alpha value is -4.57. The van der Waals surface area contributed by atoms with Crippen LogP contribution in [-0.4, -0.2) is 39.2 Å². The highest BCUT2D eigenvalue weighted by Crippen LogP contribution is 2.36. The number of nitrogens with zero attached hydrogens (tertiary/aromatic N) is 5. The number of rotatable bonds is 5. The Balaban J connectivity index is 0.000000184. The third kappa shape index (κ3) is 5.30. The predicted molar refractivity (Wildman–Crippen MR) is 159 cm³/mol. The molecule has 2 N–H and O–H groups in total. The molecule has 0 saturated carbocycles. The van der Waals surface area contributed by atoms with Gasteiger partial charge in [0.05, 0.1) is 61.7 Å². The number of aromatic nitrogens is 4. The summed E-state index contributed by atoms with van der Waals surface area (Å²) in [5.74, 6) is 1.43. The van der Waals surface area contributed by atoms with E-state index in [0.717, 1.165) is 49.8 Å². The summed E-state index contributed by atoms with van der Waals surface area (Å²) >= 11 is 3.48. The van der Waals surface area contributed by atoms with Crippen LogP contribution in [0.15, 0.2) is 84.1 Å². The topological polar surface area (TPSA) is 100 Å². The minimum Gasteiger partial charge on any atom is -0.494 e. The summed E-state index contributed by atoms with van der Waals surface area (Å²) in [6.45, 7) is 4.44. The molecule has 0 saturated heterocycles. The zero-order chi connectivity index (χ0) is 28.4. The van der Waals surface area contributed by atoms with Crippen molar-refractivity contribution in [3.8, 4) is 22.9 Å². The monoisotopic (exact) mass is 600 g/mol. The second kappa shape index (κ2) is 11.3. The van der Waals surface area contributed by atoms with E-state index < -0.39 is 0 Å². The van der Waals surface area contributed by atoms with Crippen molar-refractivity contribution in [3.05, 3.63) is 107 Å². The van der Waals surface area contributed by atoms with Crippen LogP contribution >= 0.6 is 15.9 Å². The van der Waals surface area contributed by atoms with Gasteiger partial charge in [-0.05, 0) is 65.7 Å². The second-order valence-electron chi connectivity index (χ2n) is 9.30. The predicted octanol–water partition coefficient (Wildman–Crippen LogP) is 5.88. The molecule has 5 aromatic rings. The number of imidazole rings is 2. The van der Waals surface area contributed by atoms with E-state index in [1.165, 1.54) is 0 Å². The van der Waals surface area contributed by atoms with Gasteiger partial charge in [0.15, 0.2) is 0 Å². The third-order valence-corrected chi connectivity index (χ3v) is 7.21. The fourth-order valence-corrected chi connectivity index (χ4v) is 5.16. The van der Waals surface area contributed by atoms with Crippen molar-refractivity contribution in [3.63, 3.8) is 0 Å². The lowest BCUT2D eigenvalue weighted by Gasteiger charge is -2.18. The number of hydrogen-bond acceptors (Lipinski definition) is 6. The average Bonchev–Trinajstić information content (AvgIpc) is 3.67. The average molecular weight is 602 g/mol. The molecule has 0 radical (unpaired) electrons. The molecule has 1 aliphatic heterocycles. The number of carbonyl (C=O) groups excluding carboxylic acids is 1. The first-order valence-electron chi connectivity index (χ1n) is 12.5. The maximum absolute atomic E-state index is 12.8. The number of fused-ring (bicyclic) bond motifs is 1. The van der Waals surface area contributed by atoms with Gasteiger partial charge in [-0.1, -0.05) is 12.1 Å². The van der Waals surface area contributed by atoms with Crippen LogP contribution in [0.1, 0.15) is 27.3 Å². The minimum absolute atomic E-state index is 0.00393. The van der Waals surface area contributed by atoms with Crippen molar-refractivity contribution in [1.82, 2.24) is 19.1 Å². The van der Waals surface area contributed by atoms with E-state index in [2.05, 4.69) is 25.9 Å². The number of aryl methyl sites for hydroxylation is 2. The van der Waals surface area contributed by atoms with Gasteiger partial charge in [0.1, 0.15) is 11.5 Å². The molecular formula is C30H29BrN6O3. The largest absolute Gasteiger partial charge is 0.494 e. The van der Waals surface area contributed by atoms with E-state index in [4.69, 9.17) is 15.2 Å². The van der Waals surface area contributed by atoms with Gasteiger partial charge < -0.3 is 29.2 Å². The van der Waals surface area contributed by atoms with E-state index in [0.29, 0.717) is 18.0 Å². The number of nitrogens with two attached hydrogens (primary N) is 1. The van der Waals surface area contributed by atoms with Crippen molar-refractivity contribution >= 4 is 33.2 Å². The van der Waals surface area contributed by atoms with E-state index in [9.17, 15) is 4.79 Å². The summed E-state index contributed by atoms with van der Waals surface area (Å²) in [5.41, 5.74) is 12.7. The molecule has 1 amide bonds. The summed E-state index contributed by atoms with van der Waals surface area (Å²) in [5, 5.41) is 0. The lowest BCUT2D eigenvalue weighted by atomic mass is 10.1. The van der Waals surface area contributed by atoms with Crippen LogP contribution in [0.4, 0.5) is 11.4 Å². The molecule has 0 unspecified atom stereocenters. The maximum Gasteiger partial charge on any atom is 0.260 e. The third-order valence-electron chi connectivity index (χ3n) is 6.55. The summed E-state index contributed by atoms with van der Waals surface area (Å²) < 4.78 is 15.5. The summed E-state index contributed by atoms with van der Waals surface area (Å²) in [7, 11) is 3.26. The molecule has 1 aliphatic rings. The van der Waals surface area contributed by atoms with Crippen LogP contribution in [0.25, 0.3) is 11.4 Å². The number of carbonyl (C=O) groups is 1.